The van der Waals surface area contributed by atoms with Gasteiger partial charge < -0.3 is 14.6 Å². The molecular weight excluding hydrogens is 548 g/mol. The Kier molecular flexibility index (Phi) is 7.42. The van der Waals surface area contributed by atoms with Crippen molar-refractivity contribution >= 4 is 17.2 Å². The monoisotopic (exact) mass is 573 g/mol. The van der Waals surface area contributed by atoms with Crippen LogP contribution in [0.5, 0.6) is 5.75 Å². The van der Waals surface area contributed by atoms with Crippen LogP contribution in [0.2, 0.25) is 0 Å². The Morgan fingerprint density at radius 2 is 1.86 bits per heavy atom. The first-order valence-electron chi connectivity index (χ1n) is 12.6. The molecule has 2 aromatic carbocycles. The third-order valence-corrected chi connectivity index (χ3v) is 6.40. The normalized spacial score (nSPS) is 13.1. The summed E-state index contributed by atoms with van der Waals surface area (Å²) in [5.41, 5.74) is -0.368. The number of hydrogen-bond acceptors (Lipinski definition) is 7. The summed E-state index contributed by atoms with van der Waals surface area (Å²) in [6.45, 7) is 5.68. The summed E-state index contributed by atoms with van der Waals surface area (Å²) in [6, 6.07) is 8.39. The van der Waals surface area contributed by atoms with Crippen LogP contribution in [0, 0.1) is 11.6 Å². The van der Waals surface area contributed by atoms with Gasteiger partial charge in [-0.15, -0.1) is 0 Å². The van der Waals surface area contributed by atoms with Gasteiger partial charge in [0.1, 0.15) is 11.4 Å². The standard InChI is InChI=1S/C29H25F2N7O4/c1-4-36-14-22(28(40)38(29(36)41)21-8-5-19(30)6-9-21)27(39)34-20-7-10-25(23(31)12-20)42-26-11-18(13-37(32)17(26)2)24-15-35(3)16-33-24/h5-16H,2,4,32H2,1,3H3,(H,34,39). The maximum Gasteiger partial charge on any atom is 0.335 e. The molecule has 0 saturated heterocycles. The fourth-order valence-electron chi connectivity index (χ4n) is 4.19. The highest BCUT2D eigenvalue weighted by Gasteiger charge is 2.22. The third-order valence-electron chi connectivity index (χ3n) is 6.40. The Labute approximate surface area is 237 Å². The number of ether oxygens (including phenoxy) is 1. The number of benzene rings is 2. The average molecular weight is 574 g/mol. The lowest BCUT2D eigenvalue weighted by atomic mass is 10.1. The molecule has 214 valence electrons. The highest BCUT2D eigenvalue weighted by molar-refractivity contribution is 6.03. The highest BCUT2D eigenvalue weighted by atomic mass is 19.1. The largest absolute Gasteiger partial charge is 0.452 e. The minimum Gasteiger partial charge on any atom is -0.452 e. The molecule has 0 fully saturated rings. The molecule has 3 heterocycles. The molecule has 11 nitrogen and oxygen atoms in total. The van der Waals surface area contributed by atoms with E-state index in [0.29, 0.717) is 11.3 Å². The van der Waals surface area contributed by atoms with Crippen LogP contribution >= 0.6 is 0 Å². The lowest BCUT2D eigenvalue weighted by Crippen LogP contribution is -2.42. The summed E-state index contributed by atoms with van der Waals surface area (Å²) in [7, 11) is 1.82. The van der Waals surface area contributed by atoms with Crippen molar-refractivity contribution in [2.45, 2.75) is 13.5 Å². The number of nitrogens with one attached hydrogen (secondary N) is 1. The second kappa shape index (κ2) is 11.1. The van der Waals surface area contributed by atoms with Gasteiger partial charge in [-0.2, -0.15) is 0 Å². The zero-order valence-corrected chi connectivity index (χ0v) is 22.5. The summed E-state index contributed by atoms with van der Waals surface area (Å²) < 4.78 is 38.0. The molecule has 0 atom stereocenters. The second-order valence-corrected chi connectivity index (χ2v) is 9.30. The number of carbonyl (C=O) groups is 1. The maximum atomic E-state index is 15.1. The molecule has 0 spiro atoms. The van der Waals surface area contributed by atoms with Crippen molar-refractivity contribution in [3.63, 3.8) is 0 Å². The molecule has 1 aliphatic heterocycles. The fourth-order valence-corrected chi connectivity index (χ4v) is 4.19. The summed E-state index contributed by atoms with van der Waals surface area (Å²) >= 11 is 0. The summed E-state index contributed by atoms with van der Waals surface area (Å²) in [5, 5.41) is 3.71. The molecule has 42 heavy (non-hydrogen) atoms. The minimum absolute atomic E-state index is 0.0257. The number of anilines is 1. The predicted molar refractivity (Wildman–Crippen MR) is 151 cm³/mol. The van der Waals surface area contributed by atoms with Crippen molar-refractivity contribution in [2.24, 2.45) is 12.9 Å². The zero-order valence-electron chi connectivity index (χ0n) is 22.5. The molecule has 2 aromatic heterocycles. The van der Waals surface area contributed by atoms with E-state index in [1.165, 1.54) is 29.3 Å². The number of hydrogen-bond donors (Lipinski definition) is 2. The van der Waals surface area contributed by atoms with E-state index in [4.69, 9.17) is 10.6 Å². The molecule has 0 bridgehead atoms. The van der Waals surface area contributed by atoms with E-state index in [1.54, 1.807) is 36.3 Å². The van der Waals surface area contributed by atoms with Crippen molar-refractivity contribution in [3.8, 4) is 11.4 Å². The van der Waals surface area contributed by atoms with Gasteiger partial charge in [0, 0.05) is 49.5 Å². The van der Waals surface area contributed by atoms with Crippen molar-refractivity contribution in [2.75, 3.05) is 5.32 Å². The predicted octanol–water partition coefficient (Wildman–Crippen LogP) is 3.29. The van der Waals surface area contributed by atoms with Gasteiger partial charge >= 0.3 is 5.69 Å². The van der Waals surface area contributed by atoms with Gasteiger partial charge in [-0.25, -0.2) is 29.0 Å². The first-order chi connectivity index (χ1) is 20.0. The number of aromatic nitrogens is 4. The number of aryl methyl sites for hydroxylation is 2. The van der Waals surface area contributed by atoms with E-state index < -0.39 is 28.8 Å². The molecule has 1 amide bonds. The number of allylic oxidation sites excluding steroid dienone is 2. The number of rotatable bonds is 7. The number of hydrazine groups is 1. The quantitative estimate of drug-likeness (QED) is 0.325. The van der Waals surface area contributed by atoms with Crippen LogP contribution < -0.4 is 27.1 Å². The molecule has 0 radical (unpaired) electrons. The number of amides is 1. The number of halogens is 2. The zero-order chi connectivity index (χ0) is 30.1. The highest BCUT2D eigenvalue weighted by Crippen LogP contribution is 2.30. The molecular formula is C29H25F2N7O4. The molecule has 0 saturated carbocycles. The summed E-state index contributed by atoms with van der Waals surface area (Å²) in [5.74, 6) is 3.78. The molecule has 0 aliphatic carbocycles. The van der Waals surface area contributed by atoms with Gasteiger partial charge in [-0.05, 0) is 49.4 Å². The second-order valence-electron chi connectivity index (χ2n) is 9.30. The first kappa shape index (κ1) is 28.0. The Hall–Kier alpha value is -5.56. The van der Waals surface area contributed by atoms with Crippen LogP contribution in [-0.4, -0.2) is 29.6 Å². The van der Waals surface area contributed by atoms with Gasteiger partial charge in [0.25, 0.3) is 11.5 Å². The Bertz CT molecular complexity index is 1900. The van der Waals surface area contributed by atoms with Gasteiger partial charge in [-0.1, -0.05) is 6.58 Å². The molecule has 1 aliphatic rings. The van der Waals surface area contributed by atoms with E-state index in [2.05, 4.69) is 16.9 Å². The van der Waals surface area contributed by atoms with Gasteiger partial charge in [-0.3, -0.25) is 19.2 Å². The van der Waals surface area contributed by atoms with Crippen molar-refractivity contribution in [3.05, 3.63) is 135 Å². The Balaban J connectivity index is 1.40. The van der Waals surface area contributed by atoms with Gasteiger partial charge in [0.15, 0.2) is 17.3 Å². The van der Waals surface area contributed by atoms with E-state index in [9.17, 15) is 18.8 Å². The molecule has 0 unspecified atom stereocenters. The molecule has 5 rings (SSSR count). The number of imidazole rings is 1. The summed E-state index contributed by atoms with van der Waals surface area (Å²) in [4.78, 5) is 43.4. The molecule has 13 heteroatoms. The van der Waals surface area contributed by atoms with Crippen molar-refractivity contribution < 1.29 is 18.3 Å². The van der Waals surface area contributed by atoms with Crippen LogP contribution in [0.3, 0.4) is 0 Å². The SMILES string of the molecule is C=C1C(Oc2ccc(NC(=O)c3cn(CC)c(=O)n(-c4ccc(F)cc4)c3=O)cc2F)=CC(c2cn(C)cn2)=CN1N. The van der Waals surface area contributed by atoms with Crippen LogP contribution in [0.1, 0.15) is 23.0 Å². The van der Waals surface area contributed by atoms with Crippen LogP contribution in [0.4, 0.5) is 14.5 Å². The average Bonchev–Trinajstić information content (AvgIpc) is 3.39. The Morgan fingerprint density at radius 1 is 1.12 bits per heavy atom. The minimum atomic E-state index is -0.917. The lowest BCUT2D eigenvalue weighted by Gasteiger charge is -2.24. The Morgan fingerprint density at radius 3 is 2.50 bits per heavy atom. The van der Waals surface area contributed by atoms with E-state index in [0.717, 1.165) is 33.5 Å². The molecule has 4 aromatic rings. The maximum absolute atomic E-state index is 15.1. The smallest absolute Gasteiger partial charge is 0.335 e. The van der Waals surface area contributed by atoms with E-state index in [1.807, 2.05) is 7.05 Å². The third kappa shape index (κ3) is 5.40. The first-order valence-corrected chi connectivity index (χ1v) is 12.6. The lowest BCUT2D eigenvalue weighted by molar-refractivity contribution is 0.102. The van der Waals surface area contributed by atoms with Gasteiger partial charge in [0.2, 0.25) is 0 Å². The number of nitrogens with zero attached hydrogens (tertiary/aromatic N) is 5. The fraction of sp³-hybridized carbons (Fsp3) is 0.103. The van der Waals surface area contributed by atoms with Crippen LogP contribution in [0.15, 0.2) is 101 Å². The van der Waals surface area contributed by atoms with E-state index in [-0.39, 0.29) is 40.7 Å². The summed E-state index contributed by atoms with van der Waals surface area (Å²) in [6.07, 6.45) is 7.76. The van der Waals surface area contributed by atoms with Crippen LogP contribution in [-0.2, 0) is 13.6 Å². The van der Waals surface area contributed by atoms with Crippen LogP contribution in [0.25, 0.3) is 11.3 Å². The number of nitrogens with two attached hydrogens (primary N) is 1. The van der Waals surface area contributed by atoms with Crippen molar-refractivity contribution in [1.82, 2.24) is 23.7 Å². The van der Waals surface area contributed by atoms with Gasteiger partial charge in [0.05, 0.1) is 23.4 Å². The van der Waals surface area contributed by atoms with Crippen molar-refractivity contribution in [1.29, 1.82) is 0 Å². The number of carbonyl (C=O) groups excluding carboxylic acids is 1. The van der Waals surface area contributed by atoms with E-state index >= 15 is 4.39 Å². The molecule has 3 N–H and O–H groups in total. The topological polar surface area (TPSA) is 129 Å².